The number of nitrogens with zero attached hydrogens (tertiary/aromatic N) is 4. The van der Waals surface area contributed by atoms with Crippen LogP contribution in [-0.4, -0.2) is 54.0 Å². The second-order valence-corrected chi connectivity index (χ2v) is 12.0. The number of aromatic nitrogens is 3. The van der Waals surface area contributed by atoms with Crippen LogP contribution in [0.3, 0.4) is 0 Å². The number of benzene rings is 1. The zero-order valence-electron chi connectivity index (χ0n) is 20.2. The highest BCUT2D eigenvalue weighted by Crippen LogP contribution is 2.54. The van der Waals surface area contributed by atoms with Gasteiger partial charge in [-0.25, -0.2) is 13.1 Å². The van der Waals surface area contributed by atoms with E-state index in [4.69, 9.17) is 9.52 Å². The topological polar surface area (TPSA) is 113 Å². The predicted octanol–water partition coefficient (Wildman–Crippen LogP) is 4.21. The lowest BCUT2D eigenvalue weighted by molar-refractivity contribution is 0.320. The zero-order valence-corrected chi connectivity index (χ0v) is 21.0. The maximum Gasteiger partial charge on any atom is 0.234 e. The third-order valence-corrected chi connectivity index (χ3v) is 8.95. The standard InChI is InChI=1S/C26H31N5O4S/c32-15-16-36(33,34)28-20-5-6-22(23(17-20)30-13-11-26(9-10-26)12-14-30)31-18-21(27-29-31)25-8-7-24(35-25)19-3-1-2-4-19/h3,5-8,17-18,28,32H,1-2,4,9-16H2. The largest absolute Gasteiger partial charge is 0.455 e. The average Bonchev–Trinajstić information content (AvgIpc) is 3.35. The van der Waals surface area contributed by atoms with Crippen molar-refractivity contribution in [2.24, 2.45) is 5.41 Å². The summed E-state index contributed by atoms with van der Waals surface area (Å²) in [5.74, 6) is 1.22. The van der Waals surface area contributed by atoms with Crippen LogP contribution in [0.2, 0.25) is 0 Å². The van der Waals surface area contributed by atoms with E-state index in [0.717, 1.165) is 62.3 Å². The highest BCUT2D eigenvalue weighted by molar-refractivity contribution is 7.92. The molecule has 2 aliphatic carbocycles. The molecule has 0 atom stereocenters. The van der Waals surface area contributed by atoms with E-state index >= 15 is 0 Å². The van der Waals surface area contributed by atoms with Crippen LogP contribution in [0.1, 0.15) is 50.7 Å². The summed E-state index contributed by atoms with van der Waals surface area (Å²) in [5.41, 5.74) is 4.61. The molecule has 1 aliphatic heterocycles. The first-order valence-electron chi connectivity index (χ1n) is 12.7. The molecule has 2 fully saturated rings. The number of hydrogen-bond acceptors (Lipinski definition) is 7. The van der Waals surface area contributed by atoms with Crippen LogP contribution < -0.4 is 9.62 Å². The summed E-state index contributed by atoms with van der Waals surface area (Å²) in [6, 6.07) is 9.37. The number of aliphatic hydroxyl groups is 1. The third-order valence-electron chi connectivity index (χ3n) is 7.69. The molecule has 2 aromatic heterocycles. The molecule has 0 amide bonds. The third kappa shape index (κ3) is 4.67. The smallest absolute Gasteiger partial charge is 0.234 e. The van der Waals surface area contributed by atoms with Crippen LogP contribution in [0.15, 0.2) is 47.0 Å². The van der Waals surface area contributed by atoms with Crippen molar-refractivity contribution in [1.29, 1.82) is 0 Å². The lowest BCUT2D eigenvalue weighted by Crippen LogP contribution is -2.35. The maximum absolute atomic E-state index is 12.3. The van der Waals surface area contributed by atoms with Gasteiger partial charge in [-0.1, -0.05) is 11.3 Å². The van der Waals surface area contributed by atoms with Crippen LogP contribution in [-0.2, 0) is 10.0 Å². The molecule has 1 saturated carbocycles. The number of nitrogens with one attached hydrogen (secondary N) is 1. The number of furan rings is 1. The van der Waals surface area contributed by atoms with Crippen LogP contribution >= 0.6 is 0 Å². The number of rotatable bonds is 8. The molecule has 1 saturated heterocycles. The predicted molar refractivity (Wildman–Crippen MR) is 138 cm³/mol. The quantitative estimate of drug-likeness (QED) is 0.468. The number of sulfonamides is 1. The number of anilines is 2. The Kier molecular flexibility index (Phi) is 5.88. The van der Waals surface area contributed by atoms with Gasteiger partial charge in [0, 0.05) is 13.1 Å². The molecular formula is C26H31N5O4S. The molecule has 2 N–H and O–H groups in total. The van der Waals surface area contributed by atoms with Crippen molar-refractivity contribution in [3.05, 3.63) is 48.4 Å². The normalized spacial score (nSPS) is 19.0. The van der Waals surface area contributed by atoms with Crippen molar-refractivity contribution in [3.63, 3.8) is 0 Å². The molecule has 1 aromatic carbocycles. The lowest BCUT2D eigenvalue weighted by atomic mass is 9.93. The van der Waals surface area contributed by atoms with Crippen LogP contribution in [0.4, 0.5) is 11.4 Å². The van der Waals surface area contributed by atoms with Crippen molar-refractivity contribution in [3.8, 4) is 17.1 Å². The van der Waals surface area contributed by atoms with E-state index in [1.165, 1.54) is 18.4 Å². The lowest BCUT2D eigenvalue weighted by Gasteiger charge is -2.35. The van der Waals surface area contributed by atoms with Gasteiger partial charge in [0.25, 0.3) is 0 Å². The van der Waals surface area contributed by atoms with Crippen LogP contribution in [0, 0.1) is 5.41 Å². The molecular weight excluding hydrogens is 478 g/mol. The fourth-order valence-corrected chi connectivity index (χ4v) is 6.15. The van der Waals surface area contributed by atoms with Gasteiger partial charge in [-0.3, -0.25) is 4.72 Å². The van der Waals surface area contributed by atoms with Gasteiger partial charge >= 0.3 is 0 Å². The minimum absolute atomic E-state index is 0.342. The molecule has 9 nitrogen and oxygen atoms in total. The van der Waals surface area contributed by atoms with Gasteiger partial charge in [-0.2, -0.15) is 0 Å². The molecule has 6 rings (SSSR count). The van der Waals surface area contributed by atoms with E-state index in [-0.39, 0.29) is 5.75 Å². The van der Waals surface area contributed by atoms with Crippen LogP contribution in [0.5, 0.6) is 0 Å². The van der Waals surface area contributed by atoms with Gasteiger partial charge in [0.2, 0.25) is 10.0 Å². The number of aliphatic hydroxyl groups excluding tert-OH is 1. The highest BCUT2D eigenvalue weighted by Gasteiger charge is 2.44. The van der Waals surface area contributed by atoms with E-state index in [2.05, 4.69) is 26.0 Å². The van der Waals surface area contributed by atoms with E-state index in [0.29, 0.717) is 22.6 Å². The van der Waals surface area contributed by atoms with Gasteiger partial charge < -0.3 is 14.4 Å². The van der Waals surface area contributed by atoms with Crippen molar-refractivity contribution >= 4 is 27.0 Å². The average molecular weight is 510 g/mol. The molecule has 36 heavy (non-hydrogen) atoms. The van der Waals surface area contributed by atoms with Gasteiger partial charge in [0.05, 0.1) is 35.6 Å². The molecule has 1 spiro atoms. The molecule has 3 heterocycles. The molecule has 3 aromatic rings. The summed E-state index contributed by atoms with van der Waals surface area (Å²) in [5, 5.41) is 17.9. The zero-order chi connectivity index (χ0) is 24.8. The van der Waals surface area contributed by atoms with Gasteiger partial charge in [-0.05, 0) is 86.3 Å². The molecule has 10 heteroatoms. The Balaban J connectivity index is 1.31. The van der Waals surface area contributed by atoms with E-state index in [1.807, 2.05) is 30.5 Å². The summed E-state index contributed by atoms with van der Waals surface area (Å²) in [4.78, 5) is 2.31. The Hall–Kier alpha value is -3.11. The summed E-state index contributed by atoms with van der Waals surface area (Å²) in [6.45, 7) is 1.40. The molecule has 0 unspecified atom stereocenters. The molecule has 3 aliphatic rings. The monoisotopic (exact) mass is 509 g/mol. The van der Waals surface area contributed by atoms with E-state index < -0.39 is 16.6 Å². The van der Waals surface area contributed by atoms with Crippen molar-refractivity contribution in [2.45, 2.75) is 44.9 Å². The summed E-state index contributed by atoms with van der Waals surface area (Å²) < 4.78 is 34.9. The Morgan fingerprint density at radius 2 is 1.86 bits per heavy atom. The Labute approximate surface area is 210 Å². The van der Waals surface area contributed by atoms with Crippen molar-refractivity contribution in [2.75, 3.05) is 35.1 Å². The van der Waals surface area contributed by atoms with E-state index in [9.17, 15) is 8.42 Å². The number of allylic oxidation sites excluding steroid dienone is 2. The number of piperidine rings is 1. The molecule has 0 radical (unpaired) electrons. The van der Waals surface area contributed by atoms with Crippen molar-refractivity contribution in [1.82, 2.24) is 15.0 Å². The second kappa shape index (κ2) is 9.08. The maximum atomic E-state index is 12.3. The van der Waals surface area contributed by atoms with Crippen molar-refractivity contribution < 1.29 is 17.9 Å². The molecule has 190 valence electrons. The fraction of sp³-hybridized carbons (Fsp3) is 0.462. The minimum Gasteiger partial charge on any atom is -0.455 e. The Morgan fingerprint density at radius 1 is 1.06 bits per heavy atom. The SMILES string of the molecule is O=S(=O)(CCO)Nc1ccc(-n2cc(-c3ccc(C4=CCCC4)o3)nn2)c(N2CCC3(CC2)CC3)c1. The summed E-state index contributed by atoms with van der Waals surface area (Å²) in [6.07, 6.45) is 12.3. The second-order valence-electron chi connectivity index (χ2n) is 10.2. The molecule has 0 bridgehead atoms. The first kappa shape index (κ1) is 23.3. The summed E-state index contributed by atoms with van der Waals surface area (Å²) >= 11 is 0. The summed E-state index contributed by atoms with van der Waals surface area (Å²) in [7, 11) is -3.63. The Bertz CT molecular complexity index is 1390. The minimum atomic E-state index is -3.63. The van der Waals surface area contributed by atoms with Gasteiger partial charge in [-0.15, -0.1) is 5.10 Å². The highest BCUT2D eigenvalue weighted by atomic mass is 32.2. The number of hydrogen-bond donors (Lipinski definition) is 2. The van der Waals surface area contributed by atoms with E-state index in [1.54, 1.807) is 10.7 Å². The first-order chi connectivity index (χ1) is 17.4. The van der Waals surface area contributed by atoms with Gasteiger partial charge in [0.15, 0.2) is 5.76 Å². The first-order valence-corrected chi connectivity index (χ1v) is 14.3. The van der Waals surface area contributed by atoms with Crippen LogP contribution in [0.25, 0.3) is 22.7 Å². The Morgan fingerprint density at radius 3 is 2.58 bits per heavy atom. The fourth-order valence-electron chi connectivity index (χ4n) is 5.32. The van der Waals surface area contributed by atoms with Gasteiger partial charge in [0.1, 0.15) is 11.5 Å².